The molecular formula is C15H28F6IrNO6S2-. The van der Waals surface area contributed by atoms with Gasteiger partial charge in [0.05, 0.1) is 26.7 Å². The minimum absolute atomic E-state index is 0. The van der Waals surface area contributed by atoms with Crippen LogP contribution in [0.5, 0.6) is 0 Å². The first-order chi connectivity index (χ1) is 13.3. The van der Waals surface area contributed by atoms with Crippen LogP contribution < -0.4 is 0 Å². The number of unbranched alkanes of at least 4 members (excludes halogenated alkanes) is 4. The Kier molecular flexibility index (Phi) is 17.2. The SMILES string of the molecule is CCCCCCC[N+]1(C)CCCCC1.O=S(=O)([O-])C(F)(F)F.O=S(=O)([O-])C(F)(F)F.[Ir]. The van der Waals surface area contributed by atoms with Gasteiger partial charge in [0.15, 0.2) is 20.2 Å². The molecule has 31 heavy (non-hydrogen) atoms. The Hall–Kier alpha value is 0.00935. The first-order valence-electron chi connectivity index (χ1n) is 9.15. The normalized spacial score (nSPS) is 16.7. The third kappa shape index (κ3) is 18.2. The minimum Gasteiger partial charge on any atom is -0.741 e. The number of hydrogen-bond donors (Lipinski definition) is 0. The largest absolute Gasteiger partial charge is 0.741 e. The summed E-state index contributed by atoms with van der Waals surface area (Å²) in [7, 11) is -9.72. The maximum absolute atomic E-state index is 10.7. The summed E-state index contributed by atoms with van der Waals surface area (Å²) in [5.74, 6) is 0. The fraction of sp³-hybridized carbons (Fsp3) is 1.00. The number of piperidine rings is 1. The summed E-state index contributed by atoms with van der Waals surface area (Å²) < 4.78 is 119. The first kappa shape index (κ1) is 35.6. The minimum atomic E-state index is -6.09. The Morgan fingerprint density at radius 1 is 0.742 bits per heavy atom. The zero-order chi connectivity index (χ0) is 24.3. The molecule has 0 amide bonds. The van der Waals surface area contributed by atoms with E-state index in [1.54, 1.807) is 0 Å². The van der Waals surface area contributed by atoms with E-state index in [1.165, 1.54) is 75.5 Å². The Balaban J connectivity index is -0.000000401. The third-order valence-electron chi connectivity index (χ3n) is 4.26. The molecule has 0 aliphatic carbocycles. The second kappa shape index (κ2) is 15.0. The monoisotopic (exact) mass is 689 g/mol. The molecule has 1 rings (SSSR count). The van der Waals surface area contributed by atoms with E-state index >= 15 is 0 Å². The van der Waals surface area contributed by atoms with Gasteiger partial charge in [0.2, 0.25) is 0 Å². The van der Waals surface area contributed by atoms with Crippen LogP contribution >= 0.6 is 0 Å². The third-order valence-corrected chi connectivity index (χ3v) is 5.40. The van der Waals surface area contributed by atoms with Crippen molar-refractivity contribution in [3.8, 4) is 0 Å². The van der Waals surface area contributed by atoms with E-state index in [0.717, 1.165) is 0 Å². The van der Waals surface area contributed by atoms with Crippen molar-refractivity contribution >= 4 is 20.2 Å². The summed E-state index contributed by atoms with van der Waals surface area (Å²) in [6.07, 6.45) is 11.6. The van der Waals surface area contributed by atoms with Gasteiger partial charge in [-0.3, -0.25) is 0 Å². The molecule has 1 radical (unpaired) electrons. The molecule has 1 fully saturated rings. The van der Waals surface area contributed by atoms with Crippen molar-refractivity contribution in [2.45, 2.75) is 69.3 Å². The van der Waals surface area contributed by atoms with Crippen LogP contribution in [0.25, 0.3) is 0 Å². The van der Waals surface area contributed by atoms with Crippen LogP contribution in [0.2, 0.25) is 0 Å². The second-order valence-electron chi connectivity index (χ2n) is 7.06. The molecule has 0 atom stereocenters. The number of rotatable bonds is 6. The molecule has 0 aromatic rings. The molecular weight excluding hydrogens is 661 g/mol. The Morgan fingerprint density at radius 3 is 1.35 bits per heavy atom. The van der Waals surface area contributed by atoms with E-state index in [1.807, 2.05) is 0 Å². The number of halogens is 6. The van der Waals surface area contributed by atoms with Gasteiger partial charge >= 0.3 is 11.0 Å². The first-order valence-corrected chi connectivity index (χ1v) is 12.0. The van der Waals surface area contributed by atoms with Crippen LogP contribution in [0.1, 0.15) is 58.3 Å². The second-order valence-corrected chi connectivity index (χ2v) is 9.81. The summed E-state index contributed by atoms with van der Waals surface area (Å²) in [5.41, 5.74) is -11.3. The Bertz CT molecular complexity index is 635. The fourth-order valence-corrected chi connectivity index (χ4v) is 2.60. The van der Waals surface area contributed by atoms with Gasteiger partial charge in [-0.05, 0) is 32.1 Å². The average molecular weight is 689 g/mol. The van der Waals surface area contributed by atoms with Gasteiger partial charge in [-0.1, -0.05) is 26.2 Å². The van der Waals surface area contributed by atoms with E-state index in [0.29, 0.717) is 0 Å². The van der Waals surface area contributed by atoms with E-state index in [9.17, 15) is 26.3 Å². The zero-order valence-corrected chi connectivity index (χ0v) is 21.1. The average Bonchev–Trinajstić information content (AvgIpc) is 2.53. The number of hydrogen-bond acceptors (Lipinski definition) is 6. The van der Waals surface area contributed by atoms with E-state index in [4.69, 9.17) is 25.9 Å². The van der Waals surface area contributed by atoms with E-state index < -0.39 is 31.3 Å². The van der Waals surface area contributed by atoms with Crippen molar-refractivity contribution in [3.63, 3.8) is 0 Å². The van der Waals surface area contributed by atoms with Crippen molar-refractivity contribution in [1.29, 1.82) is 0 Å². The van der Waals surface area contributed by atoms with Crippen LogP contribution in [0.4, 0.5) is 26.3 Å². The Morgan fingerprint density at radius 2 is 1.06 bits per heavy atom. The van der Waals surface area contributed by atoms with Crippen molar-refractivity contribution in [3.05, 3.63) is 0 Å². The predicted molar refractivity (Wildman–Crippen MR) is 94.9 cm³/mol. The number of likely N-dealkylation sites (tertiary alicyclic amines) is 1. The molecule has 0 aromatic heterocycles. The van der Waals surface area contributed by atoms with Crippen LogP contribution in [-0.2, 0) is 40.3 Å². The standard InChI is InChI=1S/C13H28N.2CHF3O3S.Ir/c1-3-4-5-6-8-11-14(2)12-9-7-10-13-14;2*2-1(3,4)8(5,6)7;/h3-13H2,1-2H3;2*(H,5,6,7);/q+1;;;/p-2. The topological polar surface area (TPSA) is 114 Å². The maximum atomic E-state index is 10.7. The van der Waals surface area contributed by atoms with Crippen LogP contribution in [0.3, 0.4) is 0 Å². The van der Waals surface area contributed by atoms with Crippen molar-refractivity contribution in [2.24, 2.45) is 0 Å². The van der Waals surface area contributed by atoms with Crippen molar-refractivity contribution in [1.82, 2.24) is 0 Å². The molecule has 0 saturated carbocycles. The summed E-state index contributed by atoms with van der Waals surface area (Å²) in [6.45, 7) is 6.60. The van der Waals surface area contributed by atoms with Crippen LogP contribution in [-0.4, -0.2) is 68.1 Å². The quantitative estimate of drug-likeness (QED) is 0.138. The van der Waals surface area contributed by atoms with Gasteiger partial charge in [0.25, 0.3) is 0 Å². The molecule has 7 nitrogen and oxygen atoms in total. The molecule has 0 bridgehead atoms. The number of alkyl halides is 6. The molecule has 1 saturated heterocycles. The molecule has 16 heteroatoms. The van der Waals surface area contributed by atoms with Gasteiger partial charge in [-0.15, -0.1) is 0 Å². The number of quaternary nitrogens is 1. The van der Waals surface area contributed by atoms with E-state index in [-0.39, 0.29) is 20.1 Å². The van der Waals surface area contributed by atoms with Crippen molar-refractivity contribution < 1.29 is 76.9 Å². The molecule has 1 aliphatic heterocycles. The van der Waals surface area contributed by atoms with Gasteiger partial charge in [0.1, 0.15) is 0 Å². The van der Waals surface area contributed by atoms with Crippen molar-refractivity contribution in [2.75, 3.05) is 26.7 Å². The summed E-state index contributed by atoms with van der Waals surface area (Å²) in [6, 6.07) is 0. The number of nitrogens with zero attached hydrogens (tertiary/aromatic N) is 1. The van der Waals surface area contributed by atoms with Gasteiger partial charge in [0, 0.05) is 20.1 Å². The molecule has 0 N–H and O–H groups in total. The predicted octanol–water partition coefficient (Wildman–Crippen LogP) is 3.69. The summed E-state index contributed by atoms with van der Waals surface area (Å²) in [4.78, 5) is 0. The summed E-state index contributed by atoms with van der Waals surface area (Å²) >= 11 is 0. The molecule has 0 unspecified atom stereocenters. The summed E-state index contributed by atoms with van der Waals surface area (Å²) in [5, 5.41) is 0. The molecule has 0 spiro atoms. The van der Waals surface area contributed by atoms with Gasteiger partial charge < -0.3 is 13.6 Å². The molecule has 0 aromatic carbocycles. The van der Waals surface area contributed by atoms with Crippen LogP contribution in [0.15, 0.2) is 0 Å². The maximum Gasteiger partial charge on any atom is 0.485 e. The molecule has 193 valence electrons. The fourth-order valence-electron chi connectivity index (χ4n) is 2.60. The smallest absolute Gasteiger partial charge is 0.485 e. The van der Waals surface area contributed by atoms with Gasteiger partial charge in [-0.25, -0.2) is 16.8 Å². The molecule has 1 aliphatic rings. The zero-order valence-electron chi connectivity index (χ0n) is 17.1. The molecule has 1 heterocycles. The van der Waals surface area contributed by atoms with Crippen LogP contribution in [0, 0.1) is 0 Å². The Labute approximate surface area is 193 Å². The van der Waals surface area contributed by atoms with E-state index in [2.05, 4.69) is 14.0 Å². The van der Waals surface area contributed by atoms with Gasteiger partial charge in [-0.2, -0.15) is 26.3 Å².